The fraction of sp³-hybridized carbons (Fsp3) is 0.0588. The number of nitrogens with one attached hydrogen (secondary N) is 1. The lowest BCUT2D eigenvalue weighted by atomic mass is 10.1. The van der Waals surface area contributed by atoms with Crippen molar-refractivity contribution >= 4 is 11.6 Å². The number of para-hydroxylation sites is 1. The average molecular weight is 318 g/mol. The molecule has 24 heavy (non-hydrogen) atoms. The molecule has 7 heteroatoms. The van der Waals surface area contributed by atoms with Gasteiger partial charge in [0.2, 0.25) is 0 Å². The van der Waals surface area contributed by atoms with Crippen molar-refractivity contribution in [2.75, 3.05) is 0 Å². The number of rotatable bonds is 4. The maximum Gasteiger partial charge on any atom is 0.257 e. The van der Waals surface area contributed by atoms with Crippen LogP contribution in [0.4, 0.5) is 0 Å². The van der Waals surface area contributed by atoms with Crippen LogP contribution in [0.25, 0.3) is 11.3 Å². The minimum atomic E-state index is -0.205. The molecule has 118 valence electrons. The molecule has 3 aromatic heterocycles. The van der Waals surface area contributed by atoms with Gasteiger partial charge in [0, 0.05) is 31.3 Å². The van der Waals surface area contributed by atoms with Crippen LogP contribution in [0.2, 0.25) is 0 Å². The lowest BCUT2D eigenvalue weighted by Gasteiger charge is -2.10. The standard InChI is InChI=1S/C17H14N6O/c24-17(14-11-21-23-8-3-6-19-16(14)23)20-10-13-4-1-2-5-15(13)22-9-7-18-12-22/h1-9,11-12H,10H2,(H,20,24). The summed E-state index contributed by atoms with van der Waals surface area (Å²) >= 11 is 0. The number of fused-ring (bicyclic) bond motifs is 1. The largest absolute Gasteiger partial charge is 0.348 e. The van der Waals surface area contributed by atoms with Crippen LogP contribution in [-0.4, -0.2) is 30.1 Å². The van der Waals surface area contributed by atoms with E-state index < -0.39 is 0 Å². The van der Waals surface area contributed by atoms with Crippen LogP contribution >= 0.6 is 0 Å². The highest BCUT2D eigenvalue weighted by atomic mass is 16.1. The second-order valence-corrected chi connectivity index (χ2v) is 5.23. The number of hydrogen-bond donors (Lipinski definition) is 1. The zero-order chi connectivity index (χ0) is 16.4. The molecule has 1 aromatic carbocycles. The van der Waals surface area contributed by atoms with Gasteiger partial charge >= 0.3 is 0 Å². The van der Waals surface area contributed by atoms with Crippen molar-refractivity contribution in [2.45, 2.75) is 6.54 Å². The van der Waals surface area contributed by atoms with E-state index in [1.807, 2.05) is 35.0 Å². The van der Waals surface area contributed by atoms with Crippen LogP contribution in [0.1, 0.15) is 15.9 Å². The molecule has 0 saturated carbocycles. The van der Waals surface area contributed by atoms with E-state index in [4.69, 9.17) is 0 Å². The number of imidazole rings is 1. The monoisotopic (exact) mass is 318 g/mol. The highest BCUT2D eigenvalue weighted by molar-refractivity contribution is 5.99. The fourth-order valence-corrected chi connectivity index (χ4v) is 2.57. The molecule has 0 spiro atoms. The second kappa shape index (κ2) is 5.96. The molecule has 0 aliphatic heterocycles. The Bertz CT molecular complexity index is 989. The van der Waals surface area contributed by atoms with E-state index in [9.17, 15) is 4.79 Å². The van der Waals surface area contributed by atoms with E-state index in [0.717, 1.165) is 11.3 Å². The number of amides is 1. The maximum absolute atomic E-state index is 12.5. The summed E-state index contributed by atoms with van der Waals surface area (Å²) in [6.45, 7) is 0.400. The minimum Gasteiger partial charge on any atom is -0.348 e. The summed E-state index contributed by atoms with van der Waals surface area (Å²) in [5.41, 5.74) is 2.97. The first-order valence-electron chi connectivity index (χ1n) is 7.46. The normalized spacial score (nSPS) is 10.8. The van der Waals surface area contributed by atoms with Crippen molar-refractivity contribution in [3.05, 3.63) is 78.8 Å². The third kappa shape index (κ3) is 2.52. The minimum absolute atomic E-state index is 0.205. The van der Waals surface area contributed by atoms with Crippen LogP contribution in [0.5, 0.6) is 0 Å². The smallest absolute Gasteiger partial charge is 0.257 e. The fourth-order valence-electron chi connectivity index (χ4n) is 2.57. The van der Waals surface area contributed by atoms with Crippen LogP contribution in [0.3, 0.4) is 0 Å². The first-order chi connectivity index (χ1) is 11.8. The summed E-state index contributed by atoms with van der Waals surface area (Å²) in [5.74, 6) is -0.205. The predicted octanol–water partition coefficient (Wildman–Crippen LogP) is 1.84. The van der Waals surface area contributed by atoms with Crippen molar-refractivity contribution in [1.82, 2.24) is 29.5 Å². The van der Waals surface area contributed by atoms with Crippen LogP contribution in [0.15, 0.2) is 67.6 Å². The Labute approximate surface area is 137 Å². The molecule has 0 aliphatic carbocycles. The molecule has 0 fully saturated rings. The molecule has 0 unspecified atom stereocenters. The van der Waals surface area contributed by atoms with Gasteiger partial charge in [-0.1, -0.05) is 18.2 Å². The molecule has 0 radical (unpaired) electrons. The molecule has 0 saturated heterocycles. The van der Waals surface area contributed by atoms with Crippen molar-refractivity contribution in [3.63, 3.8) is 0 Å². The SMILES string of the molecule is O=C(NCc1ccccc1-n1ccnc1)c1cnn2cccnc12. The van der Waals surface area contributed by atoms with E-state index in [0.29, 0.717) is 17.8 Å². The van der Waals surface area contributed by atoms with Gasteiger partial charge in [-0.3, -0.25) is 4.79 Å². The van der Waals surface area contributed by atoms with E-state index in [2.05, 4.69) is 20.4 Å². The number of benzene rings is 1. The molecule has 7 nitrogen and oxygen atoms in total. The van der Waals surface area contributed by atoms with Gasteiger partial charge in [-0.25, -0.2) is 14.5 Å². The van der Waals surface area contributed by atoms with Gasteiger partial charge in [0.05, 0.1) is 18.2 Å². The topological polar surface area (TPSA) is 77.1 Å². The van der Waals surface area contributed by atoms with Gasteiger partial charge in [0.25, 0.3) is 5.91 Å². The third-order valence-corrected chi connectivity index (χ3v) is 3.74. The molecule has 1 N–H and O–H groups in total. The van der Waals surface area contributed by atoms with Crippen molar-refractivity contribution in [3.8, 4) is 5.69 Å². The van der Waals surface area contributed by atoms with Crippen molar-refractivity contribution < 1.29 is 4.79 Å². The van der Waals surface area contributed by atoms with Crippen molar-refractivity contribution in [2.24, 2.45) is 0 Å². The number of carbonyl (C=O) groups excluding carboxylic acids is 1. The molecule has 4 aromatic rings. The summed E-state index contributed by atoms with van der Waals surface area (Å²) in [4.78, 5) is 20.7. The zero-order valence-corrected chi connectivity index (χ0v) is 12.7. The van der Waals surface area contributed by atoms with Gasteiger partial charge in [0.15, 0.2) is 5.65 Å². The molecule has 0 aliphatic rings. The molecule has 4 rings (SSSR count). The predicted molar refractivity (Wildman–Crippen MR) is 87.7 cm³/mol. The summed E-state index contributed by atoms with van der Waals surface area (Å²) in [5, 5.41) is 7.06. The molecule has 0 bridgehead atoms. The van der Waals surface area contributed by atoms with Gasteiger partial charge in [-0.15, -0.1) is 0 Å². The first kappa shape index (κ1) is 14.1. The Hall–Kier alpha value is -3.48. The number of aromatic nitrogens is 5. The summed E-state index contributed by atoms with van der Waals surface area (Å²) < 4.78 is 3.49. The van der Waals surface area contributed by atoms with Gasteiger partial charge in [0.1, 0.15) is 5.56 Å². The van der Waals surface area contributed by atoms with Gasteiger partial charge in [-0.05, 0) is 17.7 Å². The maximum atomic E-state index is 12.5. The Morgan fingerprint density at radius 3 is 2.92 bits per heavy atom. The van der Waals surface area contributed by atoms with E-state index in [-0.39, 0.29) is 5.91 Å². The Morgan fingerprint density at radius 1 is 1.12 bits per heavy atom. The van der Waals surface area contributed by atoms with Crippen molar-refractivity contribution in [1.29, 1.82) is 0 Å². The second-order valence-electron chi connectivity index (χ2n) is 5.23. The van der Waals surface area contributed by atoms with Gasteiger partial charge < -0.3 is 9.88 Å². The number of carbonyl (C=O) groups is 1. The van der Waals surface area contributed by atoms with Crippen LogP contribution in [-0.2, 0) is 6.54 Å². The average Bonchev–Trinajstić information content (AvgIpc) is 3.29. The van der Waals surface area contributed by atoms with E-state index in [1.165, 1.54) is 6.20 Å². The lowest BCUT2D eigenvalue weighted by molar-refractivity contribution is 0.0952. The summed E-state index contributed by atoms with van der Waals surface area (Å²) in [7, 11) is 0. The first-order valence-corrected chi connectivity index (χ1v) is 7.46. The lowest BCUT2D eigenvalue weighted by Crippen LogP contribution is -2.23. The number of hydrogen-bond acceptors (Lipinski definition) is 4. The highest BCUT2D eigenvalue weighted by Gasteiger charge is 2.14. The quantitative estimate of drug-likeness (QED) is 0.623. The molecular formula is C17H14N6O. The third-order valence-electron chi connectivity index (χ3n) is 3.74. The molecule has 0 atom stereocenters. The molecule has 3 heterocycles. The summed E-state index contributed by atoms with van der Waals surface area (Å²) in [6, 6.07) is 9.63. The molecule has 1 amide bonds. The Balaban J connectivity index is 1.56. The van der Waals surface area contributed by atoms with E-state index in [1.54, 1.807) is 35.5 Å². The van der Waals surface area contributed by atoms with Gasteiger partial charge in [-0.2, -0.15) is 5.10 Å². The van der Waals surface area contributed by atoms with E-state index >= 15 is 0 Å². The van der Waals surface area contributed by atoms with Crippen LogP contribution in [0, 0.1) is 0 Å². The molecular weight excluding hydrogens is 304 g/mol. The summed E-state index contributed by atoms with van der Waals surface area (Å²) in [6.07, 6.45) is 10.3. The Morgan fingerprint density at radius 2 is 2.04 bits per heavy atom. The van der Waals surface area contributed by atoms with Crippen LogP contribution < -0.4 is 5.32 Å². The Kier molecular flexibility index (Phi) is 3.51. The zero-order valence-electron chi connectivity index (χ0n) is 12.7. The highest BCUT2D eigenvalue weighted by Crippen LogP contribution is 2.14. The number of nitrogens with zero attached hydrogens (tertiary/aromatic N) is 5.